The first-order valence-corrected chi connectivity index (χ1v) is 8.95. The van der Waals surface area contributed by atoms with Crippen molar-refractivity contribution in [3.8, 4) is 0 Å². The van der Waals surface area contributed by atoms with Crippen LogP contribution < -0.4 is 16.4 Å². The summed E-state index contributed by atoms with van der Waals surface area (Å²) in [6, 6.07) is 3.93. The van der Waals surface area contributed by atoms with Crippen LogP contribution in [0.2, 0.25) is 10.0 Å². The Morgan fingerprint density at radius 1 is 1.19 bits per heavy atom. The van der Waals surface area contributed by atoms with Crippen LogP contribution in [-0.2, 0) is 4.74 Å². The van der Waals surface area contributed by atoms with Gasteiger partial charge in [-0.15, -0.1) is 11.3 Å². The Kier molecular flexibility index (Phi) is 6.47. The van der Waals surface area contributed by atoms with E-state index in [0.29, 0.717) is 16.3 Å². The lowest BCUT2D eigenvalue weighted by Gasteiger charge is -2.08. The van der Waals surface area contributed by atoms with Crippen LogP contribution in [0.5, 0.6) is 0 Å². The minimum atomic E-state index is -0.765. The first kappa shape index (κ1) is 20.0. The largest absolute Gasteiger partial charge is 0.462 e. The Bertz CT molecular complexity index is 883. The molecule has 0 aliphatic carbocycles. The van der Waals surface area contributed by atoms with E-state index in [2.05, 4.69) is 10.6 Å². The molecule has 3 amide bonds. The van der Waals surface area contributed by atoms with Crippen LogP contribution >= 0.6 is 34.5 Å². The number of amides is 3. The highest BCUT2D eigenvalue weighted by Crippen LogP contribution is 2.33. The Morgan fingerprint density at radius 2 is 1.88 bits per heavy atom. The number of hydrogen-bond acceptors (Lipinski definition) is 5. The quantitative estimate of drug-likeness (QED) is 0.632. The third kappa shape index (κ3) is 4.46. The summed E-state index contributed by atoms with van der Waals surface area (Å²) >= 11 is 12.6. The predicted octanol–water partition coefficient (Wildman–Crippen LogP) is 4.28. The second-order valence-electron chi connectivity index (χ2n) is 5.05. The van der Waals surface area contributed by atoms with Gasteiger partial charge in [0, 0.05) is 5.69 Å². The van der Waals surface area contributed by atoms with Gasteiger partial charge in [0.2, 0.25) is 0 Å². The van der Waals surface area contributed by atoms with Crippen molar-refractivity contribution in [2.24, 2.45) is 5.73 Å². The molecule has 4 N–H and O–H groups in total. The Hall–Kier alpha value is -2.29. The molecule has 2 rings (SSSR count). The summed E-state index contributed by atoms with van der Waals surface area (Å²) in [6.45, 7) is 3.41. The Labute approximate surface area is 163 Å². The van der Waals surface area contributed by atoms with Gasteiger partial charge >= 0.3 is 12.0 Å². The molecule has 2 aromatic rings. The average molecular weight is 416 g/mol. The van der Waals surface area contributed by atoms with Crippen LogP contribution in [-0.4, -0.2) is 24.5 Å². The number of primary amides is 1. The lowest BCUT2D eigenvalue weighted by molar-refractivity contribution is 0.0531. The monoisotopic (exact) mass is 415 g/mol. The van der Waals surface area contributed by atoms with Crippen LogP contribution in [0.1, 0.15) is 32.5 Å². The fraction of sp³-hybridized carbons (Fsp3) is 0.188. The third-order valence-corrected chi connectivity index (χ3v) is 5.18. The number of anilines is 2. The molecule has 1 aromatic carbocycles. The van der Waals surface area contributed by atoms with Crippen molar-refractivity contribution in [1.82, 2.24) is 0 Å². The van der Waals surface area contributed by atoms with Crippen molar-refractivity contribution < 1.29 is 19.1 Å². The molecule has 0 fully saturated rings. The van der Waals surface area contributed by atoms with Crippen LogP contribution in [0.4, 0.5) is 15.5 Å². The van der Waals surface area contributed by atoms with E-state index in [0.717, 1.165) is 11.3 Å². The van der Waals surface area contributed by atoms with Gasteiger partial charge < -0.3 is 15.8 Å². The number of esters is 1. The molecule has 0 atom stereocenters. The summed E-state index contributed by atoms with van der Waals surface area (Å²) in [7, 11) is 0. The van der Waals surface area contributed by atoms with E-state index in [-0.39, 0.29) is 27.1 Å². The topological polar surface area (TPSA) is 111 Å². The normalized spacial score (nSPS) is 10.3. The molecule has 0 spiro atoms. The minimum absolute atomic E-state index is 0.0577. The number of nitrogens with one attached hydrogen (secondary N) is 2. The fourth-order valence-corrected chi connectivity index (χ4v) is 3.53. The van der Waals surface area contributed by atoms with Crippen LogP contribution in [0.15, 0.2) is 18.2 Å². The van der Waals surface area contributed by atoms with Gasteiger partial charge in [0.25, 0.3) is 5.91 Å². The number of urea groups is 1. The van der Waals surface area contributed by atoms with E-state index >= 15 is 0 Å². The van der Waals surface area contributed by atoms with Crippen molar-refractivity contribution in [3.05, 3.63) is 44.2 Å². The summed E-state index contributed by atoms with van der Waals surface area (Å²) < 4.78 is 4.95. The molecular weight excluding hydrogens is 401 g/mol. The highest BCUT2D eigenvalue weighted by molar-refractivity contribution is 7.18. The second-order valence-corrected chi connectivity index (χ2v) is 6.89. The number of hydrogen-bond donors (Lipinski definition) is 3. The third-order valence-electron chi connectivity index (χ3n) is 3.26. The zero-order valence-corrected chi connectivity index (χ0v) is 16.1. The molecule has 0 aliphatic heterocycles. The number of benzene rings is 1. The van der Waals surface area contributed by atoms with Crippen molar-refractivity contribution in [2.75, 3.05) is 17.2 Å². The lowest BCUT2D eigenvalue weighted by atomic mass is 10.1. The van der Waals surface area contributed by atoms with Crippen LogP contribution in [0, 0.1) is 6.92 Å². The maximum atomic E-state index is 12.2. The van der Waals surface area contributed by atoms with Crippen molar-refractivity contribution in [1.29, 1.82) is 0 Å². The molecule has 7 nitrogen and oxygen atoms in total. The highest BCUT2D eigenvalue weighted by atomic mass is 35.5. The van der Waals surface area contributed by atoms with Gasteiger partial charge in [0.05, 0.1) is 22.2 Å². The van der Waals surface area contributed by atoms with Gasteiger partial charge in [-0.05, 0) is 37.6 Å². The van der Waals surface area contributed by atoms with Gasteiger partial charge in [0.15, 0.2) is 0 Å². The van der Waals surface area contributed by atoms with Gasteiger partial charge in [-0.1, -0.05) is 23.2 Å². The summed E-state index contributed by atoms with van der Waals surface area (Å²) in [5.41, 5.74) is 6.19. The van der Waals surface area contributed by atoms with E-state index in [9.17, 15) is 14.4 Å². The van der Waals surface area contributed by atoms with E-state index in [4.69, 9.17) is 33.7 Å². The summed E-state index contributed by atoms with van der Waals surface area (Å²) in [5, 5.41) is 5.84. The number of nitrogens with two attached hydrogens (primary N) is 1. The Morgan fingerprint density at radius 3 is 2.46 bits per heavy atom. The number of ether oxygens (including phenoxy) is 1. The zero-order chi connectivity index (χ0) is 19.4. The maximum absolute atomic E-state index is 12.2. The standard InChI is InChI=1S/C16H15Cl2N3O4S/c1-3-25-15(23)12-7(2)11(13(19)22)14(26-12)21-16(24)20-8-4-5-9(17)10(18)6-8/h4-6H,3H2,1-2H3,(H2,19,22)(H2,20,21,24). The first-order valence-electron chi connectivity index (χ1n) is 7.38. The molecular formula is C16H15Cl2N3O4S. The Balaban J connectivity index is 2.25. The van der Waals surface area contributed by atoms with Crippen LogP contribution in [0.3, 0.4) is 0 Å². The number of rotatable bonds is 5. The summed E-state index contributed by atoms with van der Waals surface area (Å²) in [4.78, 5) is 36.1. The first-order chi connectivity index (χ1) is 12.2. The molecule has 1 heterocycles. The smallest absolute Gasteiger partial charge is 0.348 e. The number of thiophene rings is 1. The summed E-state index contributed by atoms with van der Waals surface area (Å²) in [6.07, 6.45) is 0. The maximum Gasteiger partial charge on any atom is 0.348 e. The van der Waals surface area contributed by atoms with E-state index in [1.165, 1.54) is 12.1 Å². The number of carbonyl (C=O) groups is 3. The lowest BCUT2D eigenvalue weighted by Crippen LogP contribution is -2.21. The van der Waals surface area contributed by atoms with Gasteiger partial charge in [-0.3, -0.25) is 10.1 Å². The molecule has 1 aromatic heterocycles. The molecule has 0 radical (unpaired) electrons. The zero-order valence-electron chi connectivity index (χ0n) is 13.8. The second kappa shape index (κ2) is 8.39. The van der Waals surface area contributed by atoms with E-state index in [1.807, 2.05) is 0 Å². The van der Waals surface area contributed by atoms with Gasteiger partial charge in [-0.25, -0.2) is 9.59 Å². The van der Waals surface area contributed by atoms with E-state index in [1.54, 1.807) is 19.9 Å². The molecule has 138 valence electrons. The minimum Gasteiger partial charge on any atom is -0.462 e. The molecule has 10 heteroatoms. The fourth-order valence-electron chi connectivity index (χ4n) is 2.13. The van der Waals surface area contributed by atoms with Crippen molar-refractivity contribution in [2.45, 2.75) is 13.8 Å². The summed E-state index contributed by atoms with van der Waals surface area (Å²) in [5.74, 6) is -1.35. The predicted molar refractivity (Wildman–Crippen MR) is 103 cm³/mol. The van der Waals surface area contributed by atoms with Crippen molar-refractivity contribution in [3.63, 3.8) is 0 Å². The highest BCUT2D eigenvalue weighted by Gasteiger charge is 2.25. The van der Waals surface area contributed by atoms with Crippen molar-refractivity contribution >= 4 is 63.1 Å². The molecule has 26 heavy (non-hydrogen) atoms. The number of carbonyl (C=O) groups excluding carboxylic acids is 3. The molecule has 0 unspecified atom stereocenters. The number of halogens is 2. The molecule has 0 saturated carbocycles. The van der Waals surface area contributed by atoms with E-state index < -0.39 is 17.9 Å². The molecule has 0 aliphatic rings. The van der Waals surface area contributed by atoms with Gasteiger partial charge in [-0.2, -0.15) is 0 Å². The average Bonchev–Trinajstić information content (AvgIpc) is 2.87. The molecule has 0 bridgehead atoms. The van der Waals surface area contributed by atoms with Gasteiger partial charge in [0.1, 0.15) is 9.88 Å². The SMILES string of the molecule is CCOC(=O)c1sc(NC(=O)Nc2ccc(Cl)c(Cl)c2)c(C(N)=O)c1C. The van der Waals surface area contributed by atoms with Crippen LogP contribution in [0.25, 0.3) is 0 Å². The molecule has 0 saturated heterocycles.